The Labute approximate surface area is 174 Å². The van der Waals surface area contributed by atoms with Gasteiger partial charge < -0.3 is 10.4 Å². The molecule has 5 rings (SSSR count). The molecule has 30 heavy (non-hydrogen) atoms. The van der Waals surface area contributed by atoms with Crippen molar-refractivity contribution in [2.24, 2.45) is 5.92 Å². The van der Waals surface area contributed by atoms with Gasteiger partial charge in [0.25, 0.3) is 0 Å². The summed E-state index contributed by atoms with van der Waals surface area (Å²) in [4.78, 5) is 26.1. The Morgan fingerprint density at radius 3 is 2.90 bits per heavy atom. The first-order chi connectivity index (χ1) is 14.5. The van der Waals surface area contributed by atoms with Gasteiger partial charge in [-0.3, -0.25) is 9.78 Å². The van der Waals surface area contributed by atoms with Crippen LogP contribution in [0.25, 0.3) is 27.1 Å². The standard InChI is InChI=1S/C20H19FN6O2S/c1-3-16(28)14-4-9(2)12(7-22-14)10-6-15-19(27-17(10)23-8-24-27)30-20(25-15)26-18(29)11-5-13(11)21/h4,6-8,11,13,16,28H,3,5H2,1-2H3,(H,25,26,29)/t11-,13+,16?/m0/s1. The van der Waals surface area contributed by atoms with Gasteiger partial charge in [-0.1, -0.05) is 18.3 Å². The first-order valence-electron chi connectivity index (χ1n) is 9.69. The molecule has 2 N–H and O–H groups in total. The molecule has 1 aliphatic carbocycles. The number of aliphatic hydroxyl groups is 1. The number of alkyl halides is 1. The van der Waals surface area contributed by atoms with E-state index in [1.54, 1.807) is 10.7 Å². The van der Waals surface area contributed by atoms with Crippen LogP contribution >= 0.6 is 11.3 Å². The van der Waals surface area contributed by atoms with Crippen LogP contribution in [0.4, 0.5) is 9.52 Å². The fourth-order valence-electron chi connectivity index (χ4n) is 3.48. The number of aromatic nitrogens is 5. The highest BCUT2D eigenvalue weighted by atomic mass is 32.1. The lowest BCUT2D eigenvalue weighted by molar-refractivity contribution is -0.117. The second kappa shape index (κ2) is 7.06. The third-order valence-electron chi connectivity index (χ3n) is 5.33. The van der Waals surface area contributed by atoms with Crippen molar-refractivity contribution in [3.8, 4) is 11.1 Å². The number of amides is 1. The third-order valence-corrected chi connectivity index (χ3v) is 6.29. The molecular formula is C20H19FN6O2S. The average Bonchev–Trinajstić information content (AvgIpc) is 3.12. The van der Waals surface area contributed by atoms with Gasteiger partial charge in [-0.15, -0.1) is 0 Å². The van der Waals surface area contributed by atoms with Crippen molar-refractivity contribution in [3.63, 3.8) is 0 Å². The Kier molecular flexibility index (Phi) is 4.48. The van der Waals surface area contributed by atoms with Gasteiger partial charge in [-0.25, -0.2) is 18.9 Å². The molecule has 0 aliphatic heterocycles. The summed E-state index contributed by atoms with van der Waals surface area (Å²) in [6.45, 7) is 3.86. The van der Waals surface area contributed by atoms with Gasteiger partial charge >= 0.3 is 0 Å². The van der Waals surface area contributed by atoms with E-state index in [4.69, 9.17) is 0 Å². The predicted molar refractivity (Wildman–Crippen MR) is 111 cm³/mol. The summed E-state index contributed by atoms with van der Waals surface area (Å²) in [5, 5.41) is 17.5. The van der Waals surface area contributed by atoms with Crippen LogP contribution in [0, 0.1) is 12.8 Å². The molecule has 1 fully saturated rings. The highest BCUT2D eigenvalue weighted by molar-refractivity contribution is 7.22. The van der Waals surface area contributed by atoms with Crippen molar-refractivity contribution in [2.75, 3.05) is 5.32 Å². The second-order valence-electron chi connectivity index (χ2n) is 7.46. The number of hydrogen-bond acceptors (Lipinski definition) is 7. The lowest BCUT2D eigenvalue weighted by Gasteiger charge is -2.12. The van der Waals surface area contributed by atoms with Crippen LogP contribution in [0.3, 0.4) is 0 Å². The Morgan fingerprint density at radius 2 is 2.20 bits per heavy atom. The number of nitrogens with zero attached hydrogens (tertiary/aromatic N) is 5. The number of aryl methyl sites for hydroxylation is 1. The molecule has 3 atom stereocenters. The van der Waals surface area contributed by atoms with Crippen molar-refractivity contribution in [2.45, 2.75) is 39.0 Å². The molecular weight excluding hydrogens is 407 g/mol. The maximum absolute atomic E-state index is 13.2. The number of hydrogen-bond donors (Lipinski definition) is 2. The quantitative estimate of drug-likeness (QED) is 0.506. The maximum atomic E-state index is 13.2. The van der Waals surface area contributed by atoms with Gasteiger partial charge in [-0.2, -0.15) is 5.10 Å². The fourth-order valence-corrected chi connectivity index (χ4v) is 4.39. The summed E-state index contributed by atoms with van der Waals surface area (Å²) >= 11 is 1.27. The second-order valence-corrected chi connectivity index (χ2v) is 8.44. The van der Waals surface area contributed by atoms with Gasteiger partial charge in [0.2, 0.25) is 5.91 Å². The zero-order valence-corrected chi connectivity index (χ0v) is 17.1. The van der Waals surface area contributed by atoms with Gasteiger partial charge in [0.15, 0.2) is 10.8 Å². The van der Waals surface area contributed by atoms with E-state index < -0.39 is 18.2 Å². The zero-order valence-electron chi connectivity index (χ0n) is 16.3. The van der Waals surface area contributed by atoms with E-state index >= 15 is 0 Å². The van der Waals surface area contributed by atoms with Crippen LogP contribution in [0.2, 0.25) is 0 Å². The Morgan fingerprint density at radius 1 is 1.40 bits per heavy atom. The minimum absolute atomic E-state index is 0.267. The zero-order chi connectivity index (χ0) is 21.0. The van der Waals surface area contributed by atoms with E-state index in [9.17, 15) is 14.3 Å². The SMILES string of the molecule is CCC(O)c1cc(C)c(-c2cc3nc(NC(=O)[C@H]4C[C@H]4F)sc3n3ncnc23)cn1. The minimum Gasteiger partial charge on any atom is -0.387 e. The highest BCUT2D eigenvalue weighted by Gasteiger charge is 2.43. The molecule has 1 amide bonds. The molecule has 0 bridgehead atoms. The Hall–Kier alpha value is -2.98. The van der Waals surface area contributed by atoms with E-state index in [0.29, 0.717) is 28.4 Å². The van der Waals surface area contributed by atoms with E-state index in [-0.39, 0.29) is 12.3 Å². The highest BCUT2D eigenvalue weighted by Crippen LogP contribution is 2.37. The van der Waals surface area contributed by atoms with Crippen LogP contribution in [0.15, 0.2) is 24.7 Å². The largest absolute Gasteiger partial charge is 0.387 e. The summed E-state index contributed by atoms with van der Waals surface area (Å²) in [5.41, 5.74) is 4.53. The number of fused-ring (bicyclic) bond motifs is 3. The average molecular weight is 426 g/mol. The molecule has 1 aliphatic rings. The van der Waals surface area contributed by atoms with Crippen molar-refractivity contribution >= 4 is 38.4 Å². The number of carbonyl (C=O) groups is 1. The van der Waals surface area contributed by atoms with Crippen molar-refractivity contribution in [1.29, 1.82) is 0 Å². The fraction of sp³-hybridized carbons (Fsp3) is 0.350. The molecule has 4 aromatic heterocycles. The maximum Gasteiger partial charge on any atom is 0.232 e. The molecule has 0 saturated heterocycles. The molecule has 8 nitrogen and oxygen atoms in total. The lowest BCUT2D eigenvalue weighted by atomic mass is 10.0. The Balaban J connectivity index is 1.59. The summed E-state index contributed by atoms with van der Waals surface area (Å²) in [6, 6.07) is 3.76. The first kappa shape index (κ1) is 19.0. The first-order valence-corrected chi connectivity index (χ1v) is 10.5. The van der Waals surface area contributed by atoms with Crippen molar-refractivity contribution in [3.05, 3.63) is 35.9 Å². The van der Waals surface area contributed by atoms with Gasteiger partial charge in [-0.05, 0) is 37.5 Å². The minimum atomic E-state index is -1.06. The lowest BCUT2D eigenvalue weighted by Crippen LogP contribution is -2.14. The predicted octanol–water partition coefficient (Wildman–Crippen LogP) is 3.45. The number of anilines is 1. The summed E-state index contributed by atoms with van der Waals surface area (Å²) in [7, 11) is 0. The summed E-state index contributed by atoms with van der Waals surface area (Å²) in [5.74, 6) is -0.925. The number of thiazole rings is 1. The molecule has 154 valence electrons. The smallest absolute Gasteiger partial charge is 0.232 e. The van der Waals surface area contributed by atoms with Gasteiger partial charge in [0.05, 0.1) is 17.7 Å². The number of pyridine rings is 2. The van der Waals surface area contributed by atoms with Crippen LogP contribution < -0.4 is 5.32 Å². The molecule has 1 saturated carbocycles. The molecule has 4 aromatic rings. The van der Waals surface area contributed by atoms with Crippen molar-refractivity contribution < 1.29 is 14.3 Å². The monoisotopic (exact) mass is 426 g/mol. The van der Waals surface area contributed by atoms with Crippen LogP contribution in [-0.2, 0) is 4.79 Å². The topological polar surface area (TPSA) is 105 Å². The Bertz CT molecular complexity index is 1290. The molecule has 1 unspecified atom stereocenters. The summed E-state index contributed by atoms with van der Waals surface area (Å²) in [6.07, 6.45) is 2.38. The van der Waals surface area contributed by atoms with Gasteiger partial charge in [0, 0.05) is 17.3 Å². The number of rotatable bonds is 5. The third kappa shape index (κ3) is 3.12. The molecule has 4 heterocycles. The van der Waals surface area contributed by atoms with Crippen molar-refractivity contribution in [1.82, 2.24) is 24.6 Å². The number of aliphatic hydroxyl groups excluding tert-OH is 1. The molecule has 10 heteroatoms. The normalized spacial score (nSPS) is 19.3. The van der Waals surface area contributed by atoms with E-state index in [2.05, 4.69) is 25.4 Å². The van der Waals surface area contributed by atoms with Crippen LogP contribution in [-0.4, -0.2) is 41.8 Å². The number of halogens is 1. The number of carbonyl (C=O) groups excluding carboxylic acids is 1. The summed E-state index contributed by atoms with van der Waals surface area (Å²) < 4.78 is 14.8. The van der Waals surface area contributed by atoms with Crippen LogP contribution in [0.1, 0.15) is 37.1 Å². The van der Waals surface area contributed by atoms with E-state index in [0.717, 1.165) is 21.5 Å². The molecule has 0 aromatic carbocycles. The van der Waals surface area contributed by atoms with E-state index in [1.165, 1.54) is 17.7 Å². The van der Waals surface area contributed by atoms with E-state index in [1.807, 2.05) is 26.0 Å². The number of nitrogens with one attached hydrogen (secondary N) is 1. The molecule has 0 spiro atoms. The van der Waals surface area contributed by atoms with Crippen LogP contribution in [0.5, 0.6) is 0 Å². The molecule has 0 radical (unpaired) electrons. The van der Waals surface area contributed by atoms with Gasteiger partial charge in [0.1, 0.15) is 22.8 Å².